The second-order valence-electron chi connectivity index (χ2n) is 4.69. The van der Waals surface area contributed by atoms with Crippen LogP contribution in [-0.4, -0.2) is 12.1 Å². The molecule has 0 atom stereocenters. The third kappa shape index (κ3) is 5.15. The first-order valence-corrected chi connectivity index (χ1v) is 6.48. The third-order valence-corrected chi connectivity index (χ3v) is 3.54. The molecule has 3 nitrogen and oxygen atoms in total. The zero-order valence-corrected chi connectivity index (χ0v) is 12.2. The molecule has 1 aromatic carbocycles. The lowest BCUT2D eigenvalue weighted by atomic mass is 9.89. The molecule has 1 aromatic rings. The van der Waals surface area contributed by atoms with Gasteiger partial charge in [-0.05, 0) is 37.8 Å². The van der Waals surface area contributed by atoms with Crippen LogP contribution in [0.1, 0.15) is 39.5 Å². The number of nitrogens with two attached hydrogens (primary N) is 2. The summed E-state index contributed by atoms with van der Waals surface area (Å²) in [4.78, 5) is 0. The van der Waals surface area contributed by atoms with Gasteiger partial charge in [-0.25, -0.2) is 0 Å². The van der Waals surface area contributed by atoms with Gasteiger partial charge in [-0.15, -0.1) is 12.4 Å². The van der Waals surface area contributed by atoms with Crippen LogP contribution in [0.2, 0.25) is 0 Å². The lowest BCUT2D eigenvalue weighted by Gasteiger charge is -2.26. The van der Waals surface area contributed by atoms with Crippen molar-refractivity contribution in [3.63, 3.8) is 0 Å². The molecule has 0 bridgehead atoms. The topological polar surface area (TPSA) is 64.1 Å². The molecule has 0 heterocycles. The van der Waals surface area contributed by atoms with E-state index in [0.717, 1.165) is 43.6 Å². The Bertz CT molecular complexity index is 338. The van der Waals surface area contributed by atoms with Crippen molar-refractivity contribution in [1.82, 2.24) is 0 Å². The molecule has 5 N–H and O–H groups in total. The van der Waals surface area contributed by atoms with Crippen molar-refractivity contribution in [2.75, 3.05) is 17.6 Å². The highest BCUT2D eigenvalue weighted by molar-refractivity contribution is 5.85. The summed E-state index contributed by atoms with van der Waals surface area (Å²) in [5.74, 6) is 0. The summed E-state index contributed by atoms with van der Waals surface area (Å²) in [6.07, 6.45) is 4.21. The number of hydrogen-bond donors (Lipinski definition) is 3. The van der Waals surface area contributed by atoms with E-state index in [4.69, 9.17) is 11.5 Å². The number of nitrogens with one attached hydrogen (secondary N) is 1. The molecule has 18 heavy (non-hydrogen) atoms. The first kappa shape index (κ1) is 17.1. The molecule has 0 aliphatic carbocycles. The molecule has 0 amide bonds. The molecule has 0 aliphatic rings. The minimum absolute atomic E-state index is 0. The van der Waals surface area contributed by atoms with Crippen molar-refractivity contribution >= 4 is 23.8 Å². The quantitative estimate of drug-likeness (QED) is 0.526. The van der Waals surface area contributed by atoms with Crippen LogP contribution in [0.3, 0.4) is 0 Å². The average molecular weight is 272 g/mol. The van der Waals surface area contributed by atoms with Crippen molar-refractivity contribution < 1.29 is 0 Å². The van der Waals surface area contributed by atoms with E-state index in [0.29, 0.717) is 0 Å². The number of halogens is 1. The van der Waals surface area contributed by atoms with E-state index in [1.54, 1.807) is 0 Å². The molecule has 0 aliphatic heterocycles. The van der Waals surface area contributed by atoms with E-state index in [9.17, 15) is 0 Å². The Morgan fingerprint density at radius 3 is 2.33 bits per heavy atom. The third-order valence-electron chi connectivity index (χ3n) is 3.54. The van der Waals surface area contributed by atoms with Crippen LogP contribution < -0.4 is 16.8 Å². The van der Waals surface area contributed by atoms with Gasteiger partial charge in [0, 0.05) is 12.1 Å². The van der Waals surface area contributed by atoms with Crippen molar-refractivity contribution in [1.29, 1.82) is 0 Å². The Morgan fingerprint density at radius 2 is 1.78 bits per heavy atom. The number of benzene rings is 1. The normalized spacial score (nSPS) is 10.8. The standard InChI is InChI=1S/C14H25N3.ClH/c1-3-14(16,4-2)10-7-11-17-13-9-6-5-8-12(13)15;/h5-6,8-9,17H,3-4,7,10-11,15-16H2,1-2H3;1H. The second kappa shape index (κ2) is 8.22. The summed E-state index contributed by atoms with van der Waals surface area (Å²) in [5, 5.41) is 3.35. The second-order valence-corrected chi connectivity index (χ2v) is 4.69. The van der Waals surface area contributed by atoms with Gasteiger partial charge in [-0.1, -0.05) is 26.0 Å². The minimum atomic E-state index is 0. The van der Waals surface area contributed by atoms with Gasteiger partial charge in [-0.3, -0.25) is 0 Å². The summed E-state index contributed by atoms with van der Waals surface area (Å²) < 4.78 is 0. The minimum Gasteiger partial charge on any atom is -0.397 e. The fraction of sp³-hybridized carbons (Fsp3) is 0.571. The van der Waals surface area contributed by atoms with E-state index < -0.39 is 0 Å². The Kier molecular flexibility index (Phi) is 7.80. The first-order valence-electron chi connectivity index (χ1n) is 6.48. The largest absolute Gasteiger partial charge is 0.397 e. The fourth-order valence-corrected chi connectivity index (χ4v) is 1.93. The zero-order chi connectivity index (χ0) is 12.7. The van der Waals surface area contributed by atoms with Gasteiger partial charge in [0.25, 0.3) is 0 Å². The highest BCUT2D eigenvalue weighted by Crippen LogP contribution is 2.20. The van der Waals surface area contributed by atoms with E-state index in [-0.39, 0.29) is 17.9 Å². The van der Waals surface area contributed by atoms with Crippen molar-refractivity contribution in [3.8, 4) is 0 Å². The molecular formula is C14H26ClN3. The number of hydrogen-bond acceptors (Lipinski definition) is 3. The van der Waals surface area contributed by atoms with Gasteiger partial charge in [-0.2, -0.15) is 0 Å². The van der Waals surface area contributed by atoms with Crippen LogP contribution >= 0.6 is 12.4 Å². The Morgan fingerprint density at radius 1 is 1.17 bits per heavy atom. The number of nitrogen functional groups attached to an aromatic ring is 1. The molecular weight excluding hydrogens is 246 g/mol. The molecule has 0 radical (unpaired) electrons. The molecule has 104 valence electrons. The van der Waals surface area contributed by atoms with Crippen LogP contribution in [0.25, 0.3) is 0 Å². The van der Waals surface area contributed by atoms with Gasteiger partial charge in [0.15, 0.2) is 0 Å². The number of para-hydroxylation sites is 2. The molecule has 0 aromatic heterocycles. The Labute approximate surface area is 117 Å². The van der Waals surface area contributed by atoms with Gasteiger partial charge in [0.05, 0.1) is 11.4 Å². The van der Waals surface area contributed by atoms with Gasteiger partial charge in [0.1, 0.15) is 0 Å². The summed E-state index contributed by atoms with van der Waals surface area (Å²) in [5.41, 5.74) is 13.9. The molecule has 0 spiro atoms. The summed E-state index contributed by atoms with van der Waals surface area (Å²) in [6, 6.07) is 7.85. The lowest BCUT2D eigenvalue weighted by Crippen LogP contribution is -2.38. The smallest absolute Gasteiger partial charge is 0.0573 e. The number of rotatable bonds is 7. The van der Waals surface area contributed by atoms with Crippen LogP contribution in [0, 0.1) is 0 Å². The molecule has 0 saturated heterocycles. The van der Waals surface area contributed by atoms with E-state index in [1.165, 1.54) is 0 Å². The van der Waals surface area contributed by atoms with Crippen molar-refractivity contribution in [3.05, 3.63) is 24.3 Å². The van der Waals surface area contributed by atoms with Crippen LogP contribution in [-0.2, 0) is 0 Å². The lowest BCUT2D eigenvalue weighted by molar-refractivity contribution is 0.361. The maximum absolute atomic E-state index is 6.25. The molecule has 0 saturated carbocycles. The van der Waals surface area contributed by atoms with Crippen molar-refractivity contribution in [2.24, 2.45) is 5.73 Å². The van der Waals surface area contributed by atoms with Crippen LogP contribution in [0.4, 0.5) is 11.4 Å². The van der Waals surface area contributed by atoms with Gasteiger partial charge in [0.2, 0.25) is 0 Å². The summed E-state index contributed by atoms with van der Waals surface area (Å²) in [6.45, 7) is 5.24. The SMILES string of the molecule is CCC(N)(CC)CCCNc1ccccc1N.Cl. The molecule has 0 fully saturated rings. The first-order chi connectivity index (χ1) is 8.11. The Balaban J connectivity index is 0.00000289. The van der Waals surface area contributed by atoms with Crippen LogP contribution in [0.15, 0.2) is 24.3 Å². The fourth-order valence-electron chi connectivity index (χ4n) is 1.93. The van der Waals surface area contributed by atoms with E-state index >= 15 is 0 Å². The predicted octanol–water partition coefficient (Wildman–Crippen LogP) is 3.40. The molecule has 4 heteroatoms. The van der Waals surface area contributed by atoms with Gasteiger partial charge >= 0.3 is 0 Å². The highest BCUT2D eigenvalue weighted by atomic mass is 35.5. The maximum atomic E-state index is 6.25. The summed E-state index contributed by atoms with van der Waals surface area (Å²) >= 11 is 0. The van der Waals surface area contributed by atoms with Gasteiger partial charge < -0.3 is 16.8 Å². The monoisotopic (exact) mass is 271 g/mol. The average Bonchev–Trinajstić information content (AvgIpc) is 2.36. The Hall–Kier alpha value is -0.930. The zero-order valence-electron chi connectivity index (χ0n) is 11.4. The molecule has 0 unspecified atom stereocenters. The van der Waals surface area contributed by atoms with Crippen LogP contribution in [0.5, 0.6) is 0 Å². The highest BCUT2D eigenvalue weighted by Gasteiger charge is 2.18. The van der Waals surface area contributed by atoms with Crippen molar-refractivity contribution in [2.45, 2.75) is 45.1 Å². The number of anilines is 2. The maximum Gasteiger partial charge on any atom is 0.0573 e. The van der Waals surface area contributed by atoms with E-state index in [2.05, 4.69) is 19.2 Å². The summed E-state index contributed by atoms with van der Waals surface area (Å²) in [7, 11) is 0. The van der Waals surface area contributed by atoms with E-state index in [1.807, 2.05) is 24.3 Å². The predicted molar refractivity (Wildman–Crippen MR) is 83.3 cm³/mol. The molecule has 1 rings (SSSR count).